The van der Waals surface area contributed by atoms with Crippen molar-refractivity contribution in [3.05, 3.63) is 49.1 Å². The lowest BCUT2D eigenvalue weighted by atomic mass is 10.0. The average Bonchev–Trinajstić information content (AvgIpc) is 3.41. The summed E-state index contributed by atoms with van der Waals surface area (Å²) in [5, 5.41) is 21.4. The maximum Gasteiger partial charge on any atom is 0.297 e. The van der Waals surface area contributed by atoms with Crippen LogP contribution in [-0.2, 0) is 0 Å². The second-order valence-electron chi connectivity index (χ2n) is 5.32. The van der Waals surface area contributed by atoms with Gasteiger partial charge in [0, 0.05) is 0 Å². The highest BCUT2D eigenvalue weighted by Gasteiger charge is 2.17. The maximum absolute atomic E-state index is 5.50. The molecule has 0 bridgehead atoms. The average molecular weight is 352 g/mol. The molecule has 0 amide bonds. The highest BCUT2D eigenvalue weighted by molar-refractivity contribution is 5.70. The number of tetrazole rings is 2. The predicted octanol–water partition coefficient (Wildman–Crippen LogP) is 0.160. The number of aromatic nitrogens is 8. The quantitative estimate of drug-likeness (QED) is 0.495. The summed E-state index contributed by atoms with van der Waals surface area (Å²) < 4.78 is 11.0. The van der Waals surface area contributed by atoms with Gasteiger partial charge < -0.3 is 9.47 Å². The van der Waals surface area contributed by atoms with Crippen LogP contribution in [0.5, 0.6) is 11.5 Å². The van der Waals surface area contributed by atoms with Crippen molar-refractivity contribution >= 4 is 0 Å². The fraction of sp³-hybridized carbons (Fsp3) is 0.125. The Morgan fingerprint density at radius 2 is 1.19 bits per heavy atom. The largest absolute Gasteiger partial charge is 0.492 e. The molecule has 2 aromatic carbocycles. The number of ether oxygens (including phenoxy) is 2. The molecule has 0 fully saturated rings. The molecule has 4 aromatic rings. The minimum atomic E-state index is 0.664. The Morgan fingerprint density at radius 1 is 0.731 bits per heavy atom. The van der Waals surface area contributed by atoms with Crippen molar-refractivity contribution in [1.29, 1.82) is 0 Å². The van der Waals surface area contributed by atoms with E-state index in [-0.39, 0.29) is 0 Å². The van der Waals surface area contributed by atoms with Crippen molar-refractivity contribution in [3.8, 4) is 34.0 Å². The van der Waals surface area contributed by atoms with Crippen LogP contribution in [0.15, 0.2) is 49.1 Å². The fourth-order valence-corrected chi connectivity index (χ4v) is 2.66. The fourth-order valence-electron chi connectivity index (χ4n) is 2.66. The number of rotatable bonds is 5. The van der Waals surface area contributed by atoms with Gasteiger partial charge in [-0.3, -0.25) is 0 Å². The first-order chi connectivity index (χ1) is 12.8. The number of nitrogens with one attached hydrogen (secondary N) is 2. The van der Waals surface area contributed by atoms with Crippen LogP contribution in [-0.4, -0.2) is 45.0 Å². The lowest BCUT2D eigenvalue weighted by Gasteiger charge is -2.09. The molecule has 10 heteroatoms. The number of H-pyrrole nitrogens is 2. The van der Waals surface area contributed by atoms with Gasteiger partial charge in [0.25, 0.3) is 12.7 Å². The van der Waals surface area contributed by atoms with Crippen molar-refractivity contribution in [2.75, 3.05) is 14.2 Å². The van der Waals surface area contributed by atoms with E-state index in [1.165, 1.54) is 22.2 Å². The van der Waals surface area contributed by atoms with Crippen LogP contribution in [0.25, 0.3) is 22.5 Å². The SMILES string of the molecule is COc1cc(-c2ccc(-[n+]3ncn[nH]3)c(OC)c2)ccc1-[n+]1ncn[nH]1. The van der Waals surface area contributed by atoms with E-state index >= 15 is 0 Å². The molecular weight excluding hydrogens is 336 g/mol. The molecule has 10 nitrogen and oxygen atoms in total. The number of hydrogen-bond acceptors (Lipinski definition) is 6. The smallest absolute Gasteiger partial charge is 0.297 e. The van der Waals surface area contributed by atoms with Gasteiger partial charge in [-0.05, 0) is 77.7 Å². The Bertz CT molecular complexity index is 931. The van der Waals surface area contributed by atoms with Crippen LogP contribution in [0.4, 0.5) is 0 Å². The van der Waals surface area contributed by atoms with Crippen molar-refractivity contribution < 1.29 is 19.1 Å². The number of nitrogens with zero attached hydrogens (tertiary/aromatic N) is 6. The van der Waals surface area contributed by atoms with Crippen LogP contribution >= 0.6 is 0 Å². The van der Waals surface area contributed by atoms with E-state index in [2.05, 4.69) is 30.8 Å². The molecule has 0 radical (unpaired) electrons. The lowest BCUT2D eigenvalue weighted by Crippen LogP contribution is -2.36. The summed E-state index contributed by atoms with van der Waals surface area (Å²) in [5.74, 6) is 1.33. The summed E-state index contributed by atoms with van der Waals surface area (Å²) in [6.07, 6.45) is 2.86. The summed E-state index contributed by atoms with van der Waals surface area (Å²) in [6, 6.07) is 11.6. The topological polar surface area (TPSA) is 109 Å². The van der Waals surface area contributed by atoms with E-state index in [4.69, 9.17) is 9.47 Å². The molecule has 0 spiro atoms. The van der Waals surface area contributed by atoms with E-state index in [0.717, 1.165) is 22.5 Å². The van der Waals surface area contributed by atoms with Gasteiger partial charge in [-0.2, -0.15) is 0 Å². The van der Waals surface area contributed by atoms with E-state index in [1.807, 2.05) is 36.4 Å². The van der Waals surface area contributed by atoms with Crippen LogP contribution in [0, 0.1) is 0 Å². The van der Waals surface area contributed by atoms with Gasteiger partial charge in [0.15, 0.2) is 11.5 Å². The van der Waals surface area contributed by atoms with Crippen molar-refractivity contribution in [3.63, 3.8) is 0 Å². The highest BCUT2D eigenvalue weighted by Crippen LogP contribution is 2.31. The summed E-state index contributed by atoms with van der Waals surface area (Å²) in [7, 11) is 3.23. The molecule has 0 saturated heterocycles. The molecule has 4 rings (SSSR count). The Morgan fingerprint density at radius 3 is 1.54 bits per heavy atom. The molecule has 130 valence electrons. The zero-order valence-corrected chi connectivity index (χ0v) is 14.1. The normalized spacial score (nSPS) is 10.7. The standard InChI is InChI=1S/C16H14N8O2/c1-25-15-7-11(3-5-13(15)23-19-9-17-21-23)12-4-6-14(16(8-12)26-2)24-20-10-18-22-24/h3-10H,1-2H3/p+2. The lowest BCUT2D eigenvalue weighted by molar-refractivity contribution is -0.717. The van der Waals surface area contributed by atoms with Gasteiger partial charge in [0.2, 0.25) is 11.4 Å². The highest BCUT2D eigenvalue weighted by atomic mass is 16.5. The molecule has 0 saturated carbocycles. The monoisotopic (exact) mass is 352 g/mol. The second kappa shape index (κ2) is 6.59. The van der Waals surface area contributed by atoms with Gasteiger partial charge in [0.1, 0.15) is 0 Å². The molecule has 0 aliphatic carbocycles. The summed E-state index contributed by atoms with van der Waals surface area (Å²) in [5.41, 5.74) is 3.46. The van der Waals surface area contributed by atoms with E-state index in [9.17, 15) is 0 Å². The minimum absolute atomic E-state index is 0.664. The molecule has 0 unspecified atom stereocenters. The van der Waals surface area contributed by atoms with Gasteiger partial charge >= 0.3 is 0 Å². The Kier molecular flexibility index (Phi) is 3.98. The van der Waals surface area contributed by atoms with E-state index in [1.54, 1.807) is 14.2 Å². The molecule has 0 aliphatic rings. The molecule has 26 heavy (non-hydrogen) atoms. The van der Waals surface area contributed by atoms with Crippen LogP contribution in [0.2, 0.25) is 0 Å². The third-order valence-electron chi connectivity index (χ3n) is 3.90. The molecule has 0 aliphatic heterocycles. The van der Waals surface area contributed by atoms with Crippen molar-refractivity contribution in [2.24, 2.45) is 0 Å². The first-order valence-corrected chi connectivity index (χ1v) is 7.73. The molecular formula is C16H16N8O2+2. The van der Waals surface area contributed by atoms with Gasteiger partial charge in [-0.15, -0.1) is 0 Å². The number of hydrogen-bond donors (Lipinski definition) is 2. The van der Waals surface area contributed by atoms with Crippen molar-refractivity contribution in [2.45, 2.75) is 0 Å². The van der Waals surface area contributed by atoms with Crippen LogP contribution in [0.1, 0.15) is 0 Å². The minimum Gasteiger partial charge on any atom is -0.492 e. The molecule has 2 aromatic heterocycles. The Labute approximate surface area is 148 Å². The molecule has 0 atom stereocenters. The first-order valence-electron chi connectivity index (χ1n) is 7.73. The summed E-state index contributed by atoms with van der Waals surface area (Å²) in [4.78, 5) is 3.07. The predicted molar refractivity (Wildman–Crippen MR) is 87.9 cm³/mol. The number of aromatic amines is 2. The molecule has 2 heterocycles. The van der Waals surface area contributed by atoms with Crippen LogP contribution < -0.4 is 19.1 Å². The third kappa shape index (κ3) is 2.73. The van der Waals surface area contributed by atoms with Gasteiger partial charge in [-0.25, -0.2) is 0 Å². The summed E-state index contributed by atoms with van der Waals surface area (Å²) >= 11 is 0. The first kappa shape index (κ1) is 15.7. The third-order valence-corrected chi connectivity index (χ3v) is 3.90. The zero-order chi connectivity index (χ0) is 17.9. The number of benzene rings is 2. The molecule has 2 N–H and O–H groups in total. The number of methoxy groups -OCH3 is 2. The Balaban J connectivity index is 1.76. The van der Waals surface area contributed by atoms with E-state index < -0.39 is 0 Å². The van der Waals surface area contributed by atoms with Crippen LogP contribution in [0.3, 0.4) is 0 Å². The van der Waals surface area contributed by atoms with E-state index in [0.29, 0.717) is 11.5 Å². The summed E-state index contributed by atoms with van der Waals surface area (Å²) in [6.45, 7) is 0. The van der Waals surface area contributed by atoms with Crippen molar-refractivity contribution in [1.82, 2.24) is 30.8 Å². The van der Waals surface area contributed by atoms with Gasteiger partial charge in [-0.1, -0.05) is 0 Å². The maximum atomic E-state index is 5.50. The zero-order valence-electron chi connectivity index (χ0n) is 14.1. The second-order valence-corrected chi connectivity index (χ2v) is 5.32. The van der Waals surface area contributed by atoms with Gasteiger partial charge in [0.05, 0.1) is 24.4 Å². The Hall–Kier alpha value is -3.82.